The molecule has 3 heteroatoms. The predicted molar refractivity (Wildman–Crippen MR) is 108 cm³/mol. The van der Waals surface area contributed by atoms with Gasteiger partial charge in [-0.15, -0.1) is 0 Å². The van der Waals surface area contributed by atoms with Gasteiger partial charge in [0, 0.05) is 47.9 Å². The number of para-hydroxylation sites is 1. The van der Waals surface area contributed by atoms with E-state index in [-0.39, 0.29) is 0 Å². The maximum atomic E-state index is 2.64. The van der Waals surface area contributed by atoms with Crippen LogP contribution in [0.15, 0.2) is 52.3 Å². The molecule has 0 bridgehead atoms. The van der Waals surface area contributed by atoms with E-state index in [1.54, 1.807) is 5.56 Å². The van der Waals surface area contributed by atoms with E-state index in [4.69, 9.17) is 0 Å². The summed E-state index contributed by atoms with van der Waals surface area (Å²) in [6.07, 6.45) is 1.27. The normalized spacial score (nSPS) is 23.0. The van der Waals surface area contributed by atoms with Gasteiger partial charge in [-0.1, -0.05) is 41.6 Å². The van der Waals surface area contributed by atoms with E-state index in [0.717, 1.165) is 0 Å². The van der Waals surface area contributed by atoms with Gasteiger partial charge in [0.1, 0.15) is 0 Å². The SMILES string of the molecule is Cc1ccc(Sc2cccc3c2N(C)C2CCN(C(C)C)CC32)cc1. The average molecular weight is 353 g/mol. The zero-order chi connectivity index (χ0) is 17.6. The zero-order valence-corrected chi connectivity index (χ0v) is 16.5. The third-order valence-electron chi connectivity index (χ3n) is 5.87. The van der Waals surface area contributed by atoms with Crippen LogP contribution in [0.25, 0.3) is 0 Å². The molecular formula is C22H28N2S. The van der Waals surface area contributed by atoms with Crippen molar-refractivity contribution in [1.29, 1.82) is 0 Å². The van der Waals surface area contributed by atoms with Crippen molar-refractivity contribution in [3.63, 3.8) is 0 Å². The highest BCUT2D eigenvalue weighted by Crippen LogP contribution is 2.49. The summed E-state index contributed by atoms with van der Waals surface area (Å²) in [6, 6.07) is 17.1. The molecule has 2 aliphatic rings. The van der Waals surface area contributed by atoms with Gasteiger partial charge in [-0.25, -0.2) is 0 Å². The molecule has 0 amide bonds. The van der Waals surface area contributed by atoms with Crippen molar-refractivity contribution in [3.8, 4) is 0 Å². The topological polar surface area (TPSA) is 6.48 Å². The monoisotopic (exact) mass is 352 g/mol. The van der Waals surface area contributed by atoms with Gasteiger partial charge >= 0.3 is 0 Å². The Morgan fingerprint density at radius 1 is 1.08 bits per heavy atom. The molecule has 0 spiro atoms. The van der Waals surface area contributed by atoms with Crippen molar-refractivity contribution in [1.82, 2.24) is 4.90 Å². The molecule has 1 saturated heterocycles. The second-order valence-electron chi connectivity index (χ2n) is 7.77. The fourth-order valence-corrected chi connectivity index (χ4v) is 5.43. The Morgan fingerprint density at radius 2 is 1.84 bits per heavy atom. The van der Waals surface area contributed by atoms with Crippen molar-refractivity contribution in [2.24, 2.45) is 0 Å². The molecule has 2 unspecified atom stereocenters. The lowest BCUT2D eigenvalue weighted by atomic mass is 9.88. The molecular weight excluding hydrogens is 324 g/mol. The minimum atomic E-state index is 0.639. The Balaban J connectivity index is 1.66. The molecule has 2 aromatic carbocycles. The molecule has 0 aromatic heterocycles. The first-order valence-corrected chi connectivity index (χ1v) is 10.2. The molecule has 2 aromatic rings. The van der Waals surface area contributed by atoms with Crippen molar-refractivity contribution < 1.29 is 0 Å². The Kier molecular flexibility index (Phi) is 4.55. The molecule has 25 heavy (non-hydrogen) atoms. The maximum absolute atomic E-state index is 2.64. The number of fused-ring (bicyclic) bond motifs is 3. The zero-order valence-electron chi connectivity index (χ0n) is 15.7. The van der Waals surface area contributed by atoms with Gasteiger partial charge in [-0.05, 0) is 51.0 Å². The molecule has 2 atom stereocenters. The second-order valence-corrected chi connectivity index (χ2v) is 8.89. The van der Waals surface area contributed by atoms with E-state index in [1.165, 1.54) is 40.6 Å². The van der Waals surface area contributed by atoms with Crippen LogP contribution < -0.4 is 4.90 Å². The van der Waals surface area contributed by atoms with Crippen molar-refractivity contribution >= 4 is 17.4 Å². The number of anilines is 1. The summed E-state index contributed by atoms with van der Waals surface area (Å²) in [5, 5.41) is 0. The minimum absolute atomic E-state index is 0.639. The summed E-state index contributed by atoms with van der Waals surface area (Å²) in [5.41, 5.74) is 4.34. The lowest BCUT2D eigenvalue weighted by Gasteiger charge is -2.39. The van der Waals surface area contributed by atoms with E-state index in [9.17, 15) is 0 Å². The molecule has 0 saturated carbocycles. The number of likely N-dealkylation sites (tertiary alicyclic amines) is 1. The first kappa shape index (κ1) is 17.0. The molecule has 0 radical (unpaired) electrons. The molecule has 2 nitrogen and oxygen atoms in total. The number of hydrogen-bond acceptors (Lipinski definition) is 3. The van der Waals surface area contributed by atoms with Crippen molar-refractivity contribution in [2.75, 3.05) is 25.0 Å². The summed E-state index contributed by atoms with van der Waals surface area (Å²) in [6.45, 7) is 9.21. The summed E-state index contributed by atoms with van der Waals surface area (Å²) < 4.78 is 0. The van der Waals surface area contributed by atoms with E-state index in [0.29, 0.717) is 18.0 Å². The first-order valence-electron chi connectivity index (χ1n) is 9.39. The largest absolute Gasteiger partial charge is 0.370 e. The Bertz CT molecular complexity index is 753. The number of benzene rings is 2. The molecule has 2 heterocycles. The molecule has 2 aliphatic heterocycles. The maximum Gasteiger partial charge on any atom is 0.0544 e. The van der Waals surface area contributed by atoms with Crippen LogP contribution in [0.3, 0.4) is 0 Å². The van der Waals surface area contributed by atoms with Crippen LogP contribution in [-0.4, -0.2) is 37.1 Å². The van der Waals surface area contributed by atoms with E-state index < -0.39 is 0 Å². The van der Waals surface area contributed by atoms with E-state index in [1.807, 2.05) is 11.8 Å². The van der Waals surface area contributed by atoms with Gasteiger partial charge in [-0.2, -0.15) is 0 Å². The third-order valence-corrected chi connectivity index (χ3v) is 6.92. The van der Waals surface area contributed by atoms with Crippen LogP contribution >= 0.6 is 11.8 Å². The van der Waals surface area contributed by atoms with Crippen LogP contribution in [0.2, 0.25) is 0 Å². The number of aryl methyl sites for hydroxylation is 1. The number of piperidine rings is 1. The fourth-order valence-electron chi connectivity index (χ4n) is 4.40. The lowest BCUT2D eigenvalue weighted by molar-refractivity contribution is 0.158. The summed E-state index contributed by atoms with van der Waals surface area (Å²) in [7, 11) is 2.30. The predicted octanol–water partition coefficient (Wildman–Crippen LogP) is 5.16. The summed E-state index contributed by atoms with van der Waals surface area (Å²) >= 11 is 1.90. The van der Waals surface area contributed by atoms with Gasteiger partial charge in [0.05, 0.1) is 5.69 Å². The highest BCUT2D eigenvalue weighted by Gasteiger charge is 2.41. The van der Waals surface area contributed by atoms with Crippen LogP contribution in [0.4, 0.5) is 5.69 Å². The van der Waals surface area contributed by atoms with Gasteiger partial charge in [0.2, 0.25) is 0 Å². The Labute approximate surface area is 156 Å². The lowest BCUT2D eigenvalue weighted by Crippen LogP contribution is -2.47. The summed E-state index contributed by atoms with van der Waals surface area (Å²) in [4.78, 5) is 7.93. The molecule has 0 N–H and O–H groups in total. The first-order chi connectivity index (χ1) is 12.0. The van der Waals surface area contributed by atoms with Crippen LogP contribution in [0.1, 0.15) is 37.3 Å². The van der Waals surface area contributed by atoms with E-state index in [2.05, 4.69) is 80.1 Å². The Hall–Kier alpha value is -1.45. The van der Waals surface area contributed by atoms with Crippen molar-refractivity contribution in [2.45, 2.75) is 55.0 Å². The standard InChI is InChI=1S/C22H28N2S/c1-15(2)24-13-12-20-19(14-24)18-6-5-7-21(22(18)23(20)4)25-17-10-8-16(3)9-11-17/h5-11,15,19-20H,12-14H2,1-4H3. The quantitative estimate of drug-likeness (QED) is 0.753. The van der Waals surface area contributed by atoms with Crippen molar-refractivity contribution in [3.05, 3.63) is 53.6 Å². The van der Waals surface area contributed by atoms with Gasteiger partial charge in [-0.3, -0.25) is 0 Å². The highest BCUT2D eigenvalue weighted by molar-refractivity contribution is 7.99. The van der Waals surface area contributed by atoms with Crippen LogP contribution in [-0.2, 0) is 0 Å². The molecule has 4 rings (SSSR count). The average Bonchev–Trinajstić information content (AvgIpc) is 2.90. The molecule has 132 valence electrons. The third kappa shape index (κ3) is 3.09. The number of hydrogen-bond donors (Lipinski definition) is 0. The van der Waals surface area contributed by atoms with Crippen LogP contribution in [0, 0.1) is 6.92 Å². The van der Waals surface area contributed by atoms with Gasteiger partial charge < -0.3 is 9.80 Å². The number of rotatable bonds is 3. The smallest absolute Gasteiger partial charge is 0.0544 e. The van der Waals surface area contributed by atoms with Gasteiger partial charge in [0.25, 0.3) is 0 Å². The Morgan fingerprint density at radius 3 is 2.56 bits per heavy atom. The fraction of sp³-hybridized carbons (Fsp3) is 0.455. The van der Waals surface area contributed by atoms with Gasteiger partial charge in [0.15, 0.2) is 0 Å². The molecule has 0 aliphatic carbocycles. The summed E-state index contributed by atoms with van der Waals surface area (Å²) in [5.74, 6) is 0.648. The minimum Gasteiger partial charge on any atom is -0.370 e. The van der Waals surface area contributed by atoms with Crippen LogP contribution in [0.5, 0.6) is 0 Å². The highest BCUT2D eigenvalue weighted by atomic mass is 32.2. The molecule has 1 fully saturated rings. The second kappa shape index (κ2) is 6.69. The van der Waals surface area contributed by atoms with E-state index >= 15 is 0 Å². The number of nitrogens with zero attached hydrogens (tertiary/aromatic N) is 2. The number of likely N-dealkylation sites (N-methyl/N-ethyl adjacent to an activating group) is 1.